The SMILES string of the molecule is Cl.Cl.[Au].[Au].c1ccc(P(c2ccccc2)c2ccc3ccccc3c2-c2c(P(c3ccccc3)c3ccccc3)ccc3ccccc23)cc1. The molecule has 0 aliphatic rings. The van der Waals surface area contributed by atoms with Crippen molar-refractivity contribution in [1.82, 2.24) is 0 Å². The molecule has 0 saturated heterocycles. The zero-order chi connectivity index (χ0) is 30.7. The van der Waals surface area contributed by atoms with Gasteiger partial charge in [-0.15, -0.1) is 24.8 Å². The van der Waals surface area contributed by atoms with Crippen LogP contribution in [-0.4, -0.2) is 0 Å². The molecule has 50 heavy (non-hydrogen) atoms. The summed E-state index contributed by atoms with van der Waals surface area (Å²) in [5.41, 5.74) is 2.70. The zero-order valence-corrected chi connectivity index (χ0v) is 34.5. The monoisotopic (exact) mass is 1090 g/mol. The van der Waals surface area contributed by atoms with Crippen molar-refractivity contribution >= 4 is 94.0 Å². The fourth-order valence-corrected chi connectivity index (χ4v) is 11.5. The van der Waals surface area contributed by atoms with E-state index in [4.69, 9.17) is 0 Å². The predicted molar refractivity (Wildman–Crippen MR) is 219 cm³/mol. The molecule has 0 heterocycles. The molecule has 8 rings (SSSR count). The van der Waals surface area contributed by atoms with Crippen LogP contribution in [0.15, 0.2) is 194 Å². The van der Waals surface area contributed by atoms with Crippen LogP contribution in [0.5, 0.6) is 0 Å². The van der Waals surface area contributed by atoms with E-state index in [2.05, 4.69) is 194 Å². The molecular formula is C44H34Au2Cl2P2. The topological polar surface area (TPSA) is 0 Å². The van der Waals surface area contributed by atoms with Gasteiger partial charge in [0.2, 0.25) is 0 Å². The third kappa shape index (κ3) is 7.98. The molecule has 0 atom stereocenters. The van der Waals surface area contributed by atoms with E-state index in [0.29, 0.717) is 0 Å². The second kappa shape index (κ2) is 18.6. The van der Waals surface area contributed by atoms with Crippen LogP contribution in [0.25, 0.3) is 32.7 Å². The van der Waals surface area contributed by atoms with Crippen LogP contribution in [0.1, 0.15) is 0 Å². The summed E-state index contributed by atoms with van der Waals surface area (Å²) in [6.45, 7) is 0. The summed E-state index contributed by atoms with van der Waals surface area (Å²) < 4.78 is 0. The molecule has 0 aliphatic heterocycles. The van der Waals surface area contributed by atoms with Crippen molar-refractivity contribution in [3.05, 3.63) is 194 Å². The molecule has 0 aliphatic carbocycles. The summed E-state index contributed by atoms with van der Waals surface area (Å²) in [4.78, 5) is 0. The predicted octanol–water partition coefficient (Wildman–Crippen LogP) is 10.0. The first-order chi connectivity index (χ1) is 22.9. The molecule has 0 nitrogen and oxygen atoms in total. The van der Waals surface area contributed by atoms with Crippen molar-refractivity contribution in [2.24, 2.45) is 0 Å². The molecule has 0 spiro atoms. The molecule has 8 aromatic rings. The van der Waals surface area contributed by atoms with E-state index >= 15 is 0 Å². The number of halogens is 2. The Kier molecular flexibility index (Phi) is 14.9. The normalized spacial score (nSPS) is 10.5. The standard InChI is InChI=1S/C44H32P2.2Au.2ClH/c1-5-19-35(20-6-1)45(36-21-7-2-8-22-36)41-31-29-33-17-13-15-27-39(33)43(41)44-40-28-16-14-18-34(40)30-32-42(44)46(37-23-9-3-10-24-37)38-25-11-4-12-26-38;;;;/h1-32H;;;2*1H. The molecule has 2 radical (unpaired) electrons. The van der Waals surface area contributed by atoms with Gasteiger partial charge in [-0.2, -0.15) is 0 Å². The first-order valence-electron chi connectivity index (χ1n) is 15.7. The summed E-state index contributed by atoms with van der Waals surface area (Å²) >= 11 is 0. The Hall–Kier alpha value is -2.80. The van der Waals surface area contributed by atoms with Crippen LogP contribution in [0.4, 0.5) is 0 Å². The number of hydrogen-bond donors (Lipinski definition) is 0. The molecule has 0 amide bonds. The van der Waals surface area contributed by atoms with Gasteiger partial charge in [-0.25, -0.2) is 0 Å². The molecule has 0 unspecified atom stereocenters. The number of rotatable bonds is 7. The van der Waals surface area contributed by atoms with E-state index in [9.17, 15) is 0 Å². The van der Waals surface area contributed by atoms with Crippen LogP contribution in [0.2, 0.25) is 0 Å². The zero-order valence-electron chi connectivity index (χ0n) is 26.8. The second-order valence-corrected chi connectivity index (χ2v) is 15.7. The summed E-state index contributed by atoms with van der Waals surface area (Å²) in [6, 6.07) is 71.8. The van der Waals surface area contributed by atoms with E-state index in [1.165, 1.54) is 64.5 Å². The van der Waals surface area contributed by atoms with Crippen molar-refractivity contribution in [3.63, 3.8) is 0 Å². The van der Waals surface area contributed by atoms with E-state index < -0.39 is 15.8 Å². The molecule has 256 valence electrons. The molecule has 0 aromatic heterocycles. The summed E-state index contributed by atoms with van der Waals surface area (Å²) in [5.74, 6) is 0. The van der Waals surface area contributed by atoms with Gasteiger partial charge in [0.15, 0.2) is 0 Å². The van der Waals surface area contributed by atoms with Crippen LogP contribution >= 0.6 is 40.7 Å². The van der Waals surface area contributed by atoms with Gasteiger partial charge in [0.05, 0.1) is 0 Å². The molecular weight excluding hydrogens is 1060 g/mol. The van der Waals surface area contributed by atoms with E-state index in [0.717, 1.165) is 0 Å². The van der Waals surface area contributed by atoms with Crippen molar-refractivity contribution in [3.8, 4) is 11.1 Å². The largest absolute Gasteiger partial charge is 0.147 e. The minimum absolute atomic E-state index is 0. The average molecular weight is 1090 g/mol. The van der Waals surface area contributed by atoms with Gasteiger partial charge >= 0.3 is 0 Å². The van der Waals surface area contributed by atoms with Gasteiger partial charge in [-0.3, -0.25) is 0 Å². The number of benzene rings is 8. The van der Waals surface area contributed by atoms with Crippen molar-refractivity contribution < 1.29 is 44.8 Å². The Morgan fingerprint density at radius 3 is 0.820 bits per heavy atom. The molecule has 6 heteroatoms. The van der Waals surface area contributed by atoms with E-state index in [1.807, 2.05) is 0 Å². The Morgan fingerprint density at radius 1 is 0.260 bits per heavy atom. The third-order valence-corrected chi connectivity index (χ3v) is 13.6. The fourth-order valence-electron chi connectivity index (χ4n) is 6.58. The Labute approximate surface area is 341 Å². The maximum absolute atomic E-state index is 2.42. The van der Waals surface area contributed by atoms with Crippen LogP contribution in [-0.2, 0) is 44.8 Å². The van der Waals surface area contributed by atoms with E-state index in [-0.39, 0.29) is 69.6 Å². The smallest absolute Gasteiger partial charge is 0 e. The van der Waals surface area contributed by atoms with Gasteiger partial charge < -0.3 is 0 Å². The van der Waals surface area contributed by atoms with Crippen LogP contribution in [0, 0.1) is 0 Å². The maximum Gasteiger partial charge on any atom is 0 e. The quantitative estimate of drug-likeness (QED) is 0.110. The third-order valence-electron chi connectivity index (χ3n) is 8.60. The molecule has 8 aromatic carbocycles. The number of fused-ring (bicyclic) bond motifs is 2. The fraction of sp³-hybridized carbons (Fsp3) is 0. The minimum Gasteiger partial charge on any atom is -0.147 e. The van der Waals surface area contributed by atoms with Crippen molar-refractivity contribution in [2.45, 2.75) is 0 Å². The van der Waals surface area contributed by atoms with Gasteiger partial charge in [0, 0.05) is 44.8 Å². The van der Waals surface area contributed by atoms with Crippen molar-refractivity contribution in [2.75, 3.05) is 0 Å². The summed E-state index contributed by atoms with van der Waals surface area (Å²) in [6.07, 6.45) is 0. The maximum atomic E-state index is 2.42. The first kappa shape index (κ1) is 40.0. The van der Waals surface area contributed by atoms with Gasteiger partial charge in [-0.05, 0) is 80.3 Å². The molecule has 0 fully saturated rings. The van der Waals surface area contributed by atoms with Gasteiger partial charge in [0.1, 0.15) is 0 Å². The Balaban J connectivity index is 0.00000140. The average Bonchev–Trinajstić information content (AvgIpc) is 3.14. The minimum atomic E-state index is -0.852. The number of hydrogen-bond acceptors (Lipinski definition) is 0. The van der Waals surface area contributed by atoms with Crippen LogP contribution in [0.3, 0.4) is 0 Å². The molecule has 0 N–H and O–H groups in total. The summed E-state index contributed by atoms with van der Waals surface area (Å²) in [7, 11) is -1.70. The first-order valence-corrected chi connectivity index (χ1v) is 18.4. The summed E-state index contributed by atoms with van der Waals surface area (Å²) in [5, 5.41) is 13.3. The Morgan fingerprint density at radius 2 is 0.520 bits per heavy atom. The molecule has 0 bridgehead atoms. The van der Waals surface area contributed by atoms with Gasteiger partial charge in [-0.1, -0.05) is 194 Å². The van der Waals surface area contributed by atoms with Gasteiger partial charge in [0.25, 0.3) is 0 Å². The van der Waals surface area contributed by atoms with Crippen LogP contribution < -0.4 is 31.8 Å². The van der Waals surface area contributed by atoms with E-state index in [1.54, 1.807) is 0 Å². The second-order valence-electron chi connectivity index (χ2n) is 11.4. The molecule has 0 saturated carbocycles. The van der Waals surface area contributed by atoms with Crippen molar-refractivity contribution in [1.29, 1.82) is 0 Å². The Bertz CT molecular complexity index is 2030.